The van der Waals surface area contributed by atoms with Crippen LogP contribution in [0.3, 0.4) is 0 Å². The topological polar surface area (TPSA) is 87.2 Å². The molecule has 1 aliphatic rings. The van der Waals surface area contributed by atoms with Gasteiger partial charge in [0.2, 0.25) is 12.3 Å². The lowest BCUT2D eigenvalue weighted by Gasteiger charge is -2.28. The maximum Gasteiger partial charge on any atom is 0.247 e. The average Bonchev–Trinajstić information content (AvgIpc) is 3.51. The van der Waals surface area contributed by atoms with Crippen molar-refractivity contribution < 1.29 is 9.59 Å². The molecule has 3 aromatic rings. The molecule has 2 N–H and O–H groups in total. The summed E-state index contributed by atoms with van der Waals surface area (Å²) in [4.78, 5) is 36.4. The molecule has 2 aromatic heterocycles. The second-order valence-corrected chi connectivity index (χ2v) is 10.9. The molecule has 0 unspecified atom stereocenters. The number of aromatic nitrogens is 2. The summed E-state index contributed by atoms with van der Waals surface area (Å²) in [5.41, 5.74) is 3.24. The van der Waals surface area contributed by atoms with E-state index in [1.54, 1.807) is 11.1 Å². The van der Waals surface area contributed by atoms with E-state index in [-0.39, 0.29) is 11.9 Å². The van der Waals surface area contributed by atoms with E-state index >= 15 is 0 Å². The summed E-state index contributed by atoms with van der Waals surface area (Å²) in [6.07, 6.45) is 7.56. The molecule has 1 fully saturated rings. The molecule has 0 spiro atoms. The van der Waals surface area contributed by atoms with Crippen LogP contribution < -0.4 is 15.5 Å². The van der Waals surface area contributed by atoms with Gasteiger partial charge in [-0.15, -0.1) is 0 Å². The Morgan fingerprint density at radius 1 is 1.19 bits per heavy atom. The first kappa shape index (κ1) is 26.1. The largest absolute Gasteiger partial charge is 0.376 e. The third-order valence-corrected chi connectivity index (χ3v) is 7.90. The number of halogens is 1. The third kappa shape index (κ3) is 6.62. The highest BCUT2D eigenvalue weighted by molar-refractivity contribution is 7.16. The summed E-state index contributed by atoms with van der Waals surface area (Å²) in [7, 11) is 0. The molecule has 7 nitrogen and oxygen atoms in total. The molecule has 1 aliphatic carbocycles. The first-order chi connectivity index (χ1) is 17.3. The maximum atomic E-state index is 13.5. The van der Waals surface area contributed by atoms with Gasteiger partial charge in [0, 0.05) is 27.8 Å². The van der Waals surface area contributed by atoms with E-state index in [1.807, 2.05) is 57.2 Å². The Bertz CT molecular complexity index is 1190. The molecule has 1 aromatic carbocycles. The van der Waals surface area contributed by atoms with Crippen LogP contribution in [0.15, 0.2) is 42.6 Å². The monoisotopic (exact) mass is 525 g/mol. The van der Waals surface area contributed by atoms with Crippen molar-refractivity contribution in [3.05, 3.63) is 64.0 Å². The normalized spacial score (nSPS) is 15.3. The molecule has 190 valence electrons. The molecule has 9 heteroatoms. The van der Waals surface area contributed by atoms with E-state index < -0.39 is 6.04 Å². The van der Waals surface area contributed by atoms with Gasteiger partial charge < -0.3 is 10.6 Å². The average molecular weight is 526 g/mol. The number of hydrogen-bond acceptors (Lipinski definition) is 6. The van der Waals surface area contributed by atoms with Crippen LogP contribution >= 0.6 is 22.9 Å². The summed E-state index contributed by atoms with van der Waals surface area (Å²) in [6, 6.07) is 10.5. The molecule has 2 amide bonds. The lowest BCUT2D eigenvalue weighted by Crippen LogP contribution is -2.44. The van der Waals surface area contributed by atoms with Gasteiger partial charge in [-0.1, -0.05) is 54.7 Å². The summed E-state index contributed by atoms with van der Waals surface area (Å²) >= 11 is 7.52. The lowest BCUT2D eigenvalue weighted by atomic mass is 9.97. The van der Waals surface area contributed by atoms with Crippen molar-refractivity contribution in [1.82, 2.24) is 9.97 Å². The molecule has 0 aliphatic heterocycles. The van der Waals surface area contributed by atoms with Gasteiger partial charge in [-0.2, -0.15) is 0 Å². The van der Waals surface area contributed by atoms with Gasteiger partial charge in [0.1, 0.15) is 16.1 Å². The molecule has 36 heavy (non-hydrogen) atoms. The van der Waals surface area contributed by atoms with Crippen molar-refractivity contribution in [2.24, 2.45) is 5.92 Å². The number of anilines is 3. The highest BCUT2D eigenvalue weighted by Gasteiger charge is 2.32. The fourth-order valence-electron chi connectivity index (χ4n) is 4.81. The van der Waals surface area contributed by atoms with Crippen LogP contribution in [0, 0.1) is 19.8 Å². The predicted octanol–water partition coefficient (Wildman–Crippen LogP) is 6.53. The number of nitrogens with zero attached hydrogens (tertiary/aromatic N) is 3. The van der Waals surface area contributed by atoms with Crippen molar-refractivity contribution in [3.63, 3.8) is 0 Å². The van der Waals surface area contributed by atoms with Crippen molar-refractivity contribution in [2.45, 2.75) is 65.0 Å². The van der Waals surface area contributed by atoms with Gasteiger partial charge in [0.15, 0.2) is 0 Å². The van der Waals surface area contributed by atoms with Crippen LogP contribution in [-0.4, -0.2) is 28.3 Å². The quantitative estimate of drug-likeness (QED) is 0.294. The van der Waals surface area contributed by atoms with Gasteiger partial charge in [0.05, 0.1) is 12.2 Å². The van der Waals surface area contributed by atoms with Crippen LogP contribution in [-0.2, 0) is 9.59 Å². The Labute approximate surface area is 221 Å². The Morgan fingerprint density at radius 2 is 1.92 bits per heavy atom. The molecule has 1 saturated carbocycles. The Balaban J connectivity index is 1.55. The zero-order valence-electron chi connectivity index (χ0n) is 20.8. The van der Waals surface area contributed by atoms with Crippen molar-refractivity contribution in [1.29, 1.82) is 0 Å². The van der Waals surface area contributed by atoms with E-state index in [0.29, 0.717) is 28.0 Å². The number of amides is 2. The number of nitrogens with one attached hydrogen (secondary N) is 2. The molecule has 0 bridgehead atoms. The Morgan fingerprint density at radius 3 is 2.58 bits per heavy atom. The molecule has 2 atom stereocenters. The third-order valence-electron chi connectivity index (χ3n) is 6.48. The Kier molecular flexibility index (Phi) is 8.59. The minimum absolute atomic E-state index is 0.0967. The highest BCUT2D eigenvalue weighted by atomic mass is 35.5. The zero-order valence-corrected chi connectivity index (χ0v) is 22.4. The molecule has 0 saturated heterocycles. The van der Waals surface area contributed by atoms with E-state index in [1.165, 1.54) is 24.2 Å². The van der Waals surface area contributed by atoms with Crippen LogP contribution in [0.25, 0.3) is 0 Å². The number of pyridine rings is 1. The Hall–Kier alpha value is -2.97. The first-order valence-corrected chi connectivity index (χ1v) is 13.5. The van der Waals surface area contributed by atoms with Gasteiger partial charge >= 0.3 is 0 Å². The number of aryl methyl sites for hydroxylation is 2. The fourth-order valence-corrected chi connectivity index (χ4v) is 5.93. The fraction of sp³-hybridized carbons (Fsp3) is 0.407. The number of thiazole rings is 1. The molecule has 4 rings (SSSR count). The minimum Gasteiger partial charge on any atom is -0.376 e. The molecule has 0 radical (unpaired) electrons. The lowest BCUT2D eigenvalue weighted by molar-refractivity contribution is -0.119. The second-order valence-electron chi connectivity index (χ2n) is 9.46. The van der Waals surface area contributed by atoms with Gasteiger partial charge in [-0.25, -0.2) is 4.98 Å². The molecular formula is C27H32ClN5O2S. The highest BCUT2D eigenvalue weighted by Crippen LogP contribution is 2.34. The number of carbonyl (C=O) groups excluding carboxylic acids is 2. The predicted molar refractivity (Wildman–Crippen MR) is 147 cm³/mol. The van der Waals surface area contributed by atoms with Gasteiger partial charge in [0.25, 0.3) is 0 Å². The first-order valence-electron chi connectivity index (χ1n) is 12.3. The summed E-state index contributed by atoms with van der Waals surface area (Å²) in [5, 5.41) is 8.55. The molecule has 2 heterocycles. The number of hydrogen-bond donors (Lipinski definition) is 2. The smallest absolute Gasteiger partial charge is 0.247 e. The van der Waals surface area contributed by atoms with E-state index in [4.69, 9.17) is 11.6 Å². The van der Waals surface area contributed by atoms with Gasteiger partial charge in [-0.05, 0) is 63.4 Å². The SMILES string of the molecule is Cc1cc(NC(=O)[C@H](CC2CCCC2)N(C=O)c2cnc([C@H](C)Nc3cccc(Cl)c3)s2)cc(C)n1. The van der Waals surface area contributed by atoms with Crippen LogP contribution in [0.2, 0.25) is 5.02 Å². The standard InChI is InChI=1S/C27H32ClN5O2S/c1-17-11-23(12-18(2)30-17)32-26(35)24(13-20-7-4-5-8-20)33(16-34)25-15-29-27(36-25)19(3)31-22-10-6-9-21(28)14-22/h6,9-12,14-16,19-20,24,31H,4-5,7-8,13H2,1-3H3,(H,30,32,35)/t19-,24-/m0/s1. The van der Waals surface area contributed by atoms with E-state index in [2.05, 4.69) is 20.6 Å². The zero-order chi connectivity index (χ0) is 25.7. The number of carbonyl (C=O) groups is 2. The number of benzene rings is 1. The minimum atomic E-state index is -0.621. The van der Waals surface area contributed by atoms with Crippen molar-refractivity contribution in [3.8, 4) is 0 Å². The van der Waals surface area contributed by atoms with Crippen molar-refractivity contribution >= 4 is 51.6 Å². The molecular weight excluding hydrogens is 494 g/mol. The van der Waals surface area contributed by atoms with E-state index in [9.17, 15) is 9.59 Å². The number of rotatable bonds is 10. The summed E-state index contributed by atoms with van der Waals surface area (Å²) < 4.78 is 0. The van der Waals surface area contributed by atoms with Gasteiger partial charge in [-0.3, -0.25) is 19.5 Å². The summed E-state index contributed by atoms with van der Waals surface area (Å²) in [6.45, 7) is 5.80. The summed E-state index contributed by atoms with van der Waals surface area (Å²) in [5.74, 6) is 0.221. The second kappa shape index (κ2) is 11.8. The van der Waals surface area contributed by atoms with Crippen LogP contribution in [0.4, 0.5) is 16.4 Å². The van der Waals surface area contributed by atoms with Crippen LogP contribution in [0.1, 0.15) is 61.5 Å². The van der Waals surface area contributed by atoms with E-state index in [0.717, 1.165) is 41.3 Å². The maximum absolute atomic E-state index is 13.5. The van der Waals surface area contributed by atoms with Crippen molar-refractivity contribution in [2.75, 3.05) is 15.5 Å². The van der Waals surface area contributed by atoms with Crippen LogP contribution in [0.5, 0.6) is 0 Å².